The van der Waals surface area contributed by atoms with Gasteiger partial charge in [0.2, 0.25) is 0 Å². The van der Waals surface area contributed by atoms with Crippen LogP contribution in [0.5, 0.6) is 0 Å². The molecule has 6 heteroatoms. The van der Waals surface area contributed by atoms with Crippen molar-refractivity contribution in [3.05, 3.63) is 35.9 Å². The summed E-state index contributed by atoms with van der Waals surface area (Å²) < 4.78 is 10.1. The SMILES string of the molecule is O=C1COC([C@@](O)(CO)[C@H](O)c2ccccc2)OC1. The van der Waals surface area contributed by atoms with Gasteiger partial charge in [-0.25, -0.2) is 0 Å². The molecule has 6 nitrogen and oxygen atoms in total. The highest BCUT2D eigenvalue weighted by atomic mass is 16.7. The summed E-state index contributed by atoms with van der Waals surface area (Å²) in [6.07, 6.45) is -2.65. The number of carbonyl (C=O) groups excluding carboxylic acids is 1. The fraction of sp³-hybridized carbons (Fsp3) is 0.462. The van der Waals surface area contributed by atoms with Crippen molar-refractivity contribution in [2.75, 3.05) is 19.8 Å². The molecular formula is C13H16O6. The standard InChI is InChI=1S/C13H16O6/c14-8-13(17,12-18-6-10(15)7-19-12)11(16)9-4-2-1-3-5-9/h1-5,11-12,14,16-17H,6-8H2/t11-,13-/m1/s1. The Balaban J connectivity index is 2.19. The minimum absolute atomic E-state index is 0.214. The summed E-state index contributed by atoms with van der Waals surface area (Å²) in [5.41, 5.74) is -1.61. The number of benzene rings is 1. The molecule has 1 aliphatic rings. The molecular weight excluding hydrogens is 252 g/mol. The highest BCUT2D eigenvalue weighted by molar-refractivity contribution is 5.81. The number of Topliss-reactive ketones (excluding diaryl/α,β-unsaturated/α-hetero) is 1. The smallest absolute Gasteiger partial charge is 0.192 e. The van der Waals surface area contributed by atoms with Gasteiger partial charge >= 0.3 is 0 Å². The molecule has 0 spiro atoms. The molecule has 1 saturated heterocycles. The summed E-state index contributed by atoms with van der Waals surface area (Å²) in [5.74, 6) is -0.259. The van der Waals surface area contributed by atoms with Gasteiger partial charge in [-0.3, -0.25) is 4.79 Å². The van der Waals surface area contributed by atoms with Gasteiger partial charge in [0.15, 0.2) is 17.7 Å². The monoisotopic (exact) mass is 268 g/mol. The Kier molecular flexibility index (Phi) is 4.28. The van der Waals surface area contributed by atoms with Gasteiger partial charge in [0.05, 0.1) is 6.61 Å². The van der Waals surface area contributed by atoms with Crippen LogP contribution in [0.1, 0.15) is 11.7 Å². The van der Waals surface area contributed by atoms with Crippen LogP contribution in [0.25, 0.3) is 0 Å². The van der Waals surface area contributed by atoms with E-state index in [4.69, 9.17) is 9.47 Å². The summed E-state index contributed by atoms with van der Waals surface area (Å²) >= 11 is 0. The van der Waals surface area contributed by atoms with E-state index in [1.165, 1.54) is 0 Å². The number of aliphatic hydroxyl groups is 3. The summed E-state index contributed by atoms with van der Waals surface area (Å²) in [6.45, 7) is -1.19. The normalized spacial score (nSPS) is 21.9. The van der Waals surface area contributed by atoms with Crippen LogP contribution in [0.3, 0.4) is 0 Å². The molecule has 0 aromatic heterocycles. The highest BCUT2D eigenvalue weighted by Gasteiger charge is 2.47. The lowest BCUT2D eigenvalue weighted by Gasteiger charge is -2.39. The lowest BCUT2D eigenvalue weighted by atomic mass is 9.90. The van der Waals surface area contributed by atoms with Crippen LogP contribution in [0.4, 0.5) is 0 Å². The van der Waals surface area contributed by atoms with E-state index >= 15 is 0 Å². The van der Waals surface area contributed by atoms with E-state index in [1.54, 1.807) is 30.3 Å². The Labute approximate surface area is 110 Å². The lowest BCUT2D eigenvalue weighted by Crippen LogP contribution is -2.55. The zero-order valence-corrected chi connectivity index (χ0v) is 10.2. The average molecular weight is 268 g/mol. The van der Waals surface area contributed by atoms with Crippen LogP contribution < -0.4 is 0 Å². The molecule has 2 rings (SSSR count). The first-order valence-corrected chi connectivity index (χ1v) is 5.89. The van der Waals surface area contributed by atoms with Crippen LogP contribution in [0, 0.1) is 0 Å². The molecule has 1 aromatic carbocycles. The maximum atomic E-state index is 11.0. The van der Waals surface area contributed by atoms with E-state index in [1.807, 2.05) is 0 Å². The van der Waals surface area contributed by atoms with Crippen molar-refractivity contribution in [3.63, 3.8) is 0 Å². The fourth-order valence-corrected chi connectivity index (χ4v) is 1.93. The predicted octanol–water partition coefficient (Wildman–Crippen LogP) is -0.615. The van der Waals surface area contributed by atoms with Crippen LogP contribution in [0.2, 0.25) is 0 Å². The summed E-state index contributed by atoms with van der Waals surface area (Å²) in [6, 6.07) is 8.38. The summed E-state index contributed by atoms with van der Waals surface area (Å²) in [4.78, 5) is 11.0. The van der Waals surface area contributed by atoms with E-state index in [0.717, 1.165) is 0 Å². The van der Waals surface area contributed by atoms with Crippen LogP contribution in [-0.2, 0) is 14.3 Å². The zero-order valence-electron chi connectivity index (χ0n) is 10.2. The number of ether oxygens (including phenoxy) is 2. The number of carbonyl (C=O) groups is 1. The fourth-order valence-electron chi connectivity index (χ4n) is 1.93. The van der Waals surface area contributed by atoms with Gasteiger partial charge in [-0.2, -0.15) is 0 Å². The molecule has 1 heterocycles. The molecule has 104 valence electrons. The van der Waals surface area contributed by atoms with Gasteiger partial charge in [0.25, 0.3) is 0 Å². The van der Waals surface area contributed by atoms with Crippen LogP contribution in [-0.4, -0.2) is 52.8 Å². The molecule has 1 fully saturated rings. The first-order chi connectivity index (χ1) is 9.08. The Morgan fingerprint density at radius 3 is 2.37 bits per heavy atom. The van der Waals surface area contributed by atoms with Gasteiger partial charge in [0, 0.05) is 0 Å². The number of aliphatic hydroxyl groups excluding tert-OH is 2. The van der Waals surface area contributed by atoms with E-state index in [-0.39, 0.29) is 19.0 Å². The lowest BCUT2D eigenvalue weighted by molar-refractivity contribution is -0.285. The molecule has 0 saturated carbocycles. The highest BCUT2D eigenvalue weighted by Crippen LogP contribution is 2.31. The van der Waals surface area contributed by atoms with Crippen molar-refractivity contribution >= 4 is 5.78 Å². The van der Waals surface area contributed by atoms with Gasteiger partial charge in [-0.15, -0.1) is 0 Å². The van der Waals surface area contributed by atoms with Crippen LogP contribution >= 0.6 is 0 Å². The largest absolute Gasteiger partial charge is 0.393 e. The number of hydrogen-bond donors (Lipinski definition) is 3. The molecule has 1 aromatic rings. The van der Waals surface area contributed by atoms with E-state index in [2.05, 4.69) is 0 Å². The third kappa shape index (κ3) is 2.83. The third-order valence-corrected chi connectivity index (χ3v) is 3.04. The Morgan fingerprint density at radius 2 is 1.84 bits per heavy atom. The second-order valence-corrected chi connectivity index (χ2v) is 4.46. The Bertz CT molecular complexity index is 424. The van der Waals surface area contributed by atoms with Crippen LogP contribution in [0.15, 0.2) is 30.3 Å². The average Bonchev–Trinajstić information content (AvgIpc) is 2.47. The molecule has 0 aliphatic carbocycles. The summed E-state index contributed by atoms with van der Waals surface area (Å²) in [5, 5.41) is 30.0. The molecule has 0 radical (unpaired) electrons. The maximum Gasteiger partial charge on any atom is 0.192 e. The first kappa shape index (κ1) is 14.1. The Morgan fingerprint density at radius 1 is 1.26 bits per heavy atom. The van der Waals surface area contributed by atoms with Crippen molar-refractivity contribution in [2.24, 2.45) is 0 Å². The molecule has 0 unspecified atom stereocenters. The number of hydrogen-bond acceptors (Lipinski definition) is 6. The summed E-state index contributed by atoms with van der Waals surface area (Å²) in [7, 11) is 0. The molecule has 3 N–H and O–H groups in total. The van der Waals surface area contributed by atoms with E-state index < -0.39 is 24.6 Å². The van der Waals surface area contributed by atoms with Crippen molar-refractivity contribution in [1.29, 1.82) is 0 Å². The molecule has 19 heavy (non-hydrogen) atoms. The molecule has 2 atom stereocenters. The first-order valence-electron chi connectivity index (χ1n) is 5.89. The van der Waals surface area contributed by atoms with E-state index in [0.29, 0.717) is 5.56 Å². The minimum atomic E-state index is -2.03. The second-order valence-electron chi connectivity index (χ2n) is 4.46. The quantitative estimate of drug-likeness (QED) is 0.674. The predicted molar refractivity (Wildman–Crippen MR) is 64.1 cm³/mol. The number of rotatable bonds is 4. The topological polar surface area (TPSA) is 96.2 Å². The van der Waals surface area contributed by atoms with Crippen molar-refractivity contribution in [3.8, 4) is 0 Å². The van der Waals surface area contributed by atoms with Crippen molar-refractivity contribution < 1.29 is 29.6 Å². The zero-order chi connectivity index (χ0) is 13.9. The molecule has 1 aliphatic heterocycles. The maximum absolute atomic E-state index is 11.0. The molecule has 0 amide bonds. The van der Waals surface area contributed by atoms with Gasteiger partial charge in [-0.1, -0.05) is 30.3 Å². The van der Waals surface area contributed by atoms with Crippen molar-refractivity contribution in [2.45, 2.75) is 18.0 Å². The van der Waals surface area contributed by atoms with Gasteiger partial charge in [0.1, 0.15) is 19.3 Å². The van der Waals surface area contributed by atoms with E-state index in [9.17, 15) is 20.1 Å². The van der Waals surface area contributed by atoms with Gasteiger partial charge < -0.3 is 24.8 Å². The second kappa shape index (κ2) is 5.77. The number of ketones is 1. The van der Waals surface area contributed by atoms with Gasteiger partial charge in [-0.05, 0) is 5.56 Å². The minimum Gasteiger partial charge on any atom is -0.393 e. The third-order valence-electron chi connectivity index (χ3n) is 3.04. The Hall–Kier alpha value is -1.31. The van der Waals surface area contributed by atoms with Crippen molar-refractivity contribution in [1.82, 2.24) is 0 Å². The molecule has 0 bridgehead atoms.